The molecule has 2 heterocycles. The Kier molecular flexibility index (Phi) is 3.15. The molecule has 92 valence electrons. The standard InChI is InChI=1S/C13H14N4S/c1-2-6-12-14-15-13-17(12)16-11(9-18-13)10-7-4-3-5-8-10/h3-5,7-8H,2,6,9H2,1H3. The van der Waals surface area contributed by atoms with Gasteiger partial charge in [0.1, 0.15) is 0 Å². The number of rotatable bonds is 3. The number of aryl methyl sites for hydroxylation is 1. The number of thioether (sulfide) groups is 1. The predicted molar refractivity (Wildman–Crippen MR) is 73.1 cm³/mol. The van der Waals surface area contributed by atoms with E-state index >= 15 is 0 Å². The normalized spacial score (nSPS) is 14.2. The zero-order valence-electron chi connectivity index (χ0n) is 10.2. The van der Waals surface area contributed by atoms with Crippen molar-refractivity contribution in [2.75, 3.05) is 5.75 Å². The molecule has 4 nitrogen and oxygen atoms in total. The summed E-state index contributed by atoms with van der Waals surface area (Å²) in [4.78, 5) is 0. The van der Waals surface area contributed by atoms with Gasteiger partial charge in [0.2, 0.25) is 5.16 Å². The van der Waals surface area contributed by atoms with E-state index < -0.39 is 0 Å². The Morgan fingerprint density at radius 2 is 2.06 bits per heavy atom. The van der Waals surface area contributed by atoms with E-state index in [1.165, 1.54) is 5.56 Å². The third-order valence-electron chi connectivity index (χ3n) is 2.82. The lowest BCUT2D eigenvalue weighted by molar-refractivity contribution is 0.693. The Bertz CT molecular complexity index is 574. The van der Waals surface area contributed by atoms with Gasteiger partial charge in [0.25, 0.3) is 0 Å². The second kappa shape index (κ2) is 4.94. The summed E-state index contributed by atoms with van der Waals surface area (Å²) in [6, 6.07) is 10.3. The van der Waals surface area contributed by atoms with Crippen molar-refractivity contribution in [3.8, 4) is 0 Å². The highest BCUT2D eigenvalue weighted by Gasteiger charge is 2.18. The molecule has 0 unspecified atom stereocenters. The van der Waals surface area contributed by atoms with E-state index in [1.54, 1.807) is 11.8 Å². The predicted octanol–water partition coefficient (Wildman–Crippen LogP) is 2.59. The quantitative estimate of drug-likeness (QED) is 0.850. The highest BCUT2D eigenvalue weighted by molar-refractivity contribution is 7.99. The highest BCUT2D eigenvalue weighted by atomic mass is 32.2. The summed E-state index contributed by atoms with van der Waals surface area (Å²) in [5.74, 6) is 1.81. The van der Waals surface area contributed by atoms with Gasteiger partial charge in [-0.15, -0.1) is 10.2 Å². The number of fused-ring (bicyclic) bond motifs is 1. The minimum Gasteiger partial charge on any atom is -0.191 e. The van der Waals surface area contributed by atoms with E-state index in [4.69, 9.17) is 0 Å². The summed E-state index contributed by atoms with van der Waals surface area (Å²) in [7, 11) is 0. The third kappa shape index (κ3) is 2.06. The third-order valence-corrected chi connectivity index (χ3v) is 3.75. The fraction of sp³-hybridized carbons (Fsp3) is 0.308. The van der Waals surface area contributed by atoms with Crippen LogP contribution in [0.1, 0.15) is 24.7 Å². The van der Waals surface area contributed by atoms with Crippen LogP contribution < -0.4 is 0 Å². The molecule has 0 fully saturated rings. The molecule has 2 aromatic rings. The van der Waals surface area contributed by atoms with Crippen LogP contribution in [0.4, 0.5) is 0 Å². The van der Waals surface area contributed by atoms with Crippen molar-refractivity contribution in [2.24, 2.45) is 5.10 Å². The van der Waals surface area contributed by atoms with E-state index in [9.17, 15) is 0 Å². The maximum Gasteiger partial charge on any atom is 0.212 e. The van der Waals surface area contributed by atoms with Gasteiger partial charge in [-0.3, -0.25) is 0 Å². The first-order chi connectivity index (χ1) is 8.88. The Morgan fingerprint density at radius 1 is 1.22 bits per heavy atom. The zero-order valence-corrected chi connectivity index (χ0v) is 11.0. The van der Waals surface area contributed by atoms with Gasteiger partial charge in [0, 0.05) is 12.2 Å². The van der Waals surface area contributed by atoms with Crippen molar-refractivity contribution in [1.29, 1.82) is 0 Å². The van der Waals surface area contributed by atoms with Gasteiger partial charge < -0.3 is 0 Å². The molecule has 0 saturated heterocycles. The van der Waals surface area contributed by atoms with Gasteiger partial charge in [0.05, 0.1) is 5.71 Å². The van der Waals surface area contributed by atoms with Gasteiger partial charge in [-0.1, -0.05) is 49.0 Å². The van der Waals surface area contributed by atoms with Crippen molar-refractivity contribution in [1.82, 2.24) is 14.9 Å². The molecule has 0 saturated carbocycles. The molecule has 5 heteroatoms. The molecule has 0 bridgehead atoms. The van der Waals surface area contributed by atoms with E-state index in [2.05, 4.69) is 34.4 Å². The van der Waals surface area contributed by atoms with Crippen molar-refractivity contribution in [2.45, 2.75) is 24.9 Å². The largest absolute Gasteiger partial charge is 0.212 e. The summed E-state index contributed by atoms with van der Waals surface area (Å²) in [5, 5.41) is 14.0. The van der Waals surface area contributed by atoms with Crippen LogP contribution in [-0.4, -0.2) is 26.3 Å². The Labute approximate surface area is 110 Å². The molecule has 1 aromatic carbocycles. The number of aromatic nitrogens is 3. The molecule has 0 radical (unpaired) electrons. The van der Waals surface area contributed by atoms with Crippen LogP contribution in [0.2, 0.25) is 0 Å². The molecule has 0 aliphatic carbocycles. The molecule has 0 atom stereocenters. The molecule has 3 rings (SSSR count). The number of hydrogen-bond donors (Lipinski definition) is 0. The van der Waals surface area contributed by atoms with E-state index in [-0.39, 0.29) is 0 Å². The SMILES string of the molecule is CCCc1nnc2n1N=C(c1ccccc1)CS2. The van der Waals surface area contributed by atoms with Crippen LogP contribution in [0.25, 0.3) is 0 Å². The minimum absolute atomic E-state index is 0.855. The summed E-state index contributed by atoms with van der Waals surface area (Å²) < 4.78 is 1.89. The van der Waals surface area contributed by atoms with Crippen LogP contribution in [0.5, 0.6) is 0 Å². The number of nitrogens with zero attached hydrogens (tertiary/aromatic N) is 4. The second-order valence-corrected chi connectivity index (χ2v) is 5.10. The monoisotopic (exact) mass is 258 g/mol. The second-order valence-electron chi connectivity index (χ2n) is 4.16. The first-order valence-electron chi connectivity index (χ1n) is 6.09. The molecule has 0 spiro atoms. The minimum atomic E-state index is 0.855. The van der Waals surface area contributed by atoms with Gasteiger partial charge in [0.15, 0.2) is 5.82 Å². The zero-order chi connectivity index (χ0) is 12.4. The highest BCUT2D eigenvalue weighted by Crippen LogP contribution is 2.24. The average molecular weight is 258 g/mol. The lowest BCUT2D eigenvalue weighted by Crippen LogP contribution is -2.14. The van der Waals surface area contributed by atoms with Crippen molar-refractivity contribution in [3.05, 3.63) is 41.7 Å². The van der Waals surface area contributed by atoms with E-state index in [0.29, 0.717) is 0 Å². The number of hydrogen-bond acceptors (Lipinski definition) is 4. The van der Waals surface area contributed by atoms with Crippen LogP contribution in [0.3, 0.4) is 0 Å². The van der Waals surface area contributed by atoms with E-state index in [1.807, 2.05) is 22.9 Å². The van der Waals surface area contributed by atoms with Crippen LogP contribution in [-0.2, 0) is 6.42 Å². The summed E-state index contributed by atoms with van der Waals surface area (Å²) in [6.07, 6.45) is 1.97. The fourth-order valence-electron chi connectivity index (χ4n) is 1.92. The maximum absolute atomic E-state index is 4.68. The molecule has 1 aliphatic heterocycles. The molecule has 0 N–H and O–H groups in total. The first kappa shape index (κ1) is 11.5. The van der Waals surface area contributed by atoms with E-state index in [0.717, 1.165) is 35.3 Å². The molecule has 1 aliphatic rings. The molecule has 0 amide bonds. The average Bonchev–Trinajstić information content (AvgIpc) is 2.83. The lowest BCUT2D eigenvalue weighted by Gasteiger charge is -2.13. The Balaban J connectivity index is 2.00. The van der Waals surface area contributed by atoms with Gasteiger partial charge in [-0.25, -0.2) is 0 Å². The van der Waals surface area contributed by atoms with Crippen LogP contribution in [0.15, 0.2) is 40.6 Å². The fourth-order valence-corrected chi connectivity index (χ4v) is 2.78. The summed E-state index contributed by atoms with van der Waals surface area (Å²) in [6.45, 7) is 2.14. The van der Waals surface area contributed by atoms with Gasteiger partial charge >= 0.3 is 0 Å². The Morgan fingerprint density at radius 3 is 2.83 bits per heavy atom. The van der Waals surface area contributed by atoms with Gasteiger partial charge in [-0.2, -0.15) is 9.78 Å². The van der Waals surface area contributed by atoms with Crippen molar-refractivity contribution in [3.63, 3.8) is 0 Å². The molecule has 18 heavy (non-hydrogen) atoms. The molecular formula is C13H14N4S. The topological polar surface area (TPSA) is 43.1 Å². The number of benzene rings is 1. The molecular weight excluding hydrogens is 244 g/mol. The first-order valence-corrected chi connectivity index (χ1v) is 7.07. The van der Waals surface area contributed by atoms with Crippen LogP contribution in [0, 0.1) is 0 Å². The van der Waals surface area contributed by atoms with Crippen molar-refractivity contribution < 1.29 is 0 Å². The van der Waals surface area contributed by atoms with Crippen LogP contribution >= 0.6 is 11.8 Å². The lowest BCUT2D eigenvalue weighted by atomic mass is 10.1. The summed E-state index contributed by atoms with van der Waals surface area (Å²) >= 11 is 1.70. The van der Waals surface area contributed by atoms with Crippen molar-refractivity contribution >= 4 is 17.5 Å². The summed E-state index contributed by atoms with van der Waals surface area (Å²) in [5.41, 5.74) is 2.26. The maximum atomic E-state index is 4.68. The Hall–Kier alpha value is -1.62. The van der Waals surface area contributed by atoms with Gasteiger partial charge in [-0.05, 0) is 12.0 Å². The molecule has 1 aromatic heterocycles. The smallest absolute Gasteiger partial charge is 0.191 e.